The van der Waals surface area contributed by atoms with Crippen molar-refractivity contribution in [1.29, 1.82) is 0 Å². The van der Waals surface area contributed by atoms with E-state index in [1.54, 1.807) is 23.1 Å². The number of aryl methyl sites for hydroxylation is 1. The summed E-state index contributed by atoms with van der Waals surface area (Å²) in [5, 5.41) is 8.34. The van der Waals surface area contributed by atoms with Crippen LogP contribution in [0.3, 0.4) is 0 Å². The summed E-state index contributed by atoms with van der Waals surface area (Å²) in [4.78, 5) is 6.40. The molecule has 0 radical (unpaired) electrons. The van der Waals surface area contributed by atoms with E-state index in [0.717, 1.165) is 37.4 Å². The Hall–Kier alpha value is -2.60. The van der Waals surface area contributed by atoms with E-state index in [1.165, 1.54) is 32.7 Å². The van der Waals surface area contributed by atoms with Gasteiger partial charge in [0.1, 0.15) is 4.70 Å². The number of anilines is 1. The van der Waals surface area contributed by atoms with Crippen molar-refractivity contribution in [2.75, 3.05) is 31.1 Å². The van der Waals surface area contributed by atoms with Crippen LogP contribution in [0, 0.1) is 0 Å². The molecule has 2 heterocycles. The third-order valence-electron chi connectivity index (χ3n) is 6.15. The van der Waals surface area contributed by atoms with Gasteiger partial charge in [-0.05, 0) is 50.0 Å². The molecule has 9 nitrogen and oxygen atoms in total. The number of nitrogens with one attached hydrogen (secondary N) is 1. The van der Waals surface area contributed by atoms with Crippen molar-refractivity contribution < 1.29 is 17.5 Å². The molecule has 1 aromatic heterocycles. The zero-order valence-corrected chi connectivity index (χ0v) is 23.1. The second-order valence-electron chi connectivity index (χ2n) is 8.81. The molecular weight excluding hydrogens is 529 g/mol. The normalized spacial score (nSPS) is 15.2. The smallest absolute Gasteiger partial charge is 0.268 e. The van der Waals surface area contributed by atoms with E-state index in [9.17, 15) is 8.42 Å². The van der Waals surface area contributed by atoms with Crippen LogP contribution < -0.4 is 14.8 Å². The van der Waals surface area contributed by atoms with Crippen LogP contribution in [0.15, 0.2) is 63.6 Å². The van der Waals surface area contributed by atoms with Gasteiger partial charge in [-0.2, -0.15) is 13.0 Å². The molecule has 196 valence electrons. The predicted molar refractivity (Wildman–Crippen MR) is 151 cm³/mol. The highest BCUT2D eigenvalue weighted by Crippen LogP contribution is 2.46. The monoisotopic (exact) mass is 559 g/mol. The Morgan fingerprint density at radius 2 is 1.97 bits per heavy atom. The highest BCUT2D eigenvalue weighted by Gasteiger charge is 2.27. The molecule has 1 atom stereocenters. The molecule has 37 heavy (non-hydrogen) atoms. The number of hydrogen-bond donors (Lipinski definition) is 2. The number of nitrogens with zero attached hydrogens (tertiary/aromatic N) is 5. The van der Waals surface area contributed by atoms with Crippen LogP contribution in [-0.2, 0) is 16.7 Å². The van der Waals surface area contributed by atoms with Crippen molar-refractivity contribution in [2.24, 2.45) is 5.11 Å². The summed E-state index contributed by atoms with van der Waals surface area (Å²) in [5.74, 6) is 0. The van der Waals surface area contributed by atoms with Crippen molar-refractivity contribution in [3.05, 3.63) is 69.0 Å². The summed E-state index contributed by atoms with van der Waals surface area (Å²) in [6.07, 6.45) is 4.84. The summed E-state index contributed by atoms with van der Waals surface area (Å²) in [5.41, 5.74) is 11.0. The summed E-state index contributed by atoms with van der Waals surface area (Å²) in [6.45, 7) is 4.49. The van der Waals surface area contributed by atoms with Crippen LogP contribution in [0.5, 0.6) is 0 Å². The Kier molecular flexibility index (Phi) is 9.47. The van der Waals surface area contributed by atoms with Gasteiger partial charge in [-0.1, -0.05) is 52.5 Å². The highest BCUT2D eigenvalue weighted by molar-refractivity contribution is 8.03. The maximum absolute atomic E-state index is 11.2. The van der Waals surface area contributed by atoms with E-state index >= 15 is 0 Å². The first-order valence-electron chi connectivity index (χ1n) is 12.2. The number of benzene rings is 2. The molecule has 3 aromatic rings. The number of fused-ring (bicyclic) bond motifs is 2. The van der Waals surface area contributed by atoms with Gasteiger partial charge in [0.25, 0.3) is 15.1 Å². The number of para-hydroxylation sites is 2. The van der Waals surface area contributed by atoms with Gasteiger partial charge in [-0.3, -0.25) is 4.55 Å². The maximum atomic E-state index is 11.2. The Labute approximate surface area is 225 Å². The zero-order valence-electron chi connectivity index (χ0n) is 20.7. The van der Waals surface area contributed by atoms with Crippen molar-refractivity contribution >= 4 is 55.2 Å². The van der Waals surface area contributed by atoms with E-state index in [4.69, 9.17) is 10.1 Å². The van der Waals surface area contributed by atoms with Gasteiger partial charge in [0, 0.05) is 41.9 Å². The highest BCUT2D eigenvalue weighted by atomic mass is 32.2. The summed E-state index contributed by atoms with van der Waals surface area (Å²) in [6, 6.07) is 16.8. The Morgan fingerprint density at radius 3 is 2.78 bits per heavy atom. The molecule has 0 spiro atoms. The maximum Gasteiger partial charge on any atom is 0.268 e. The first-order valence-corrected chi connectivity index (χ1v) is 15.4. The third-order valence-corrected chi connectivity index (χ3v) is 9.56. The second kappa shape index (κ2) is 12.8. The van der Waals surface area contributed by atoms with E-state index in [1.807, 2.05) is 6.07 Å². The Balaban J connectivity index is 1.50. The Bertz CT molecular complexity index is 1420. The molecule has 2 aromatic carbocycles. The molecule has 12 heteroatoms. The zero-order chi connectivity index (χ0) is 26.3. The minimum Gasteiger partial charge on any atom is -0.335 e. The van der Waals surface area contributed by atoms with Gasteiger partial charge in [-0.15, -0.1) is 0 Å². The van der Waals surface area contributed by atoms with Gasteiger partial charge in [0.05, 0.1) is 22.0 Å². The lowest BCUT2D eigenvalue weighted by Crippen LogP contribution is -2.36. The number of unbranched alkanes of at least 4 members (excludes halogenated alkanes) is 1. The minimum atomic E-state index is -4.00. The average molecular weight is 560 g/mol. The van der Waals surface area contributed by atoms with E-state index in [-0.39, 0.29) is 6.54 Å². The topological polar surface area (TPSA) is 122 Å². The lowest BCUT2D eigenvalue weighted by Gasteiger charge is -2.19. The number of thioether (sulfide) groups is 1. The standard InChI is InChI=1S/C25H30N6O3S3/c1-19(37(32,33)34)18-27-13-6-7-15-30-20-9-2-4-11-22(20)35-24(30)17-25-31(16-8-14-28-29-26)21-10-3-5-12-23(21)36-25/h2-5,9-12,17,19,27H,6-8,13-16,18H2,1H3/p+1. The molecule has 0 amide bonds. The van der Waals surface area contributed by atoms with Crippen molar-refractivity contribution in [3.63, 3.8) is 0 Å². The van der Waals surface area contributed by atoms with Crippen molar-refractivity contribution in [2.45, 2.75) is 42.9 Å². The van der Waals surface area contributed by atoms with E-state index in [0.29, 0.717) is 13.1 Å². The van der Waals surface area contributed by atoms with Gasteiger partial charge >= 0.3 is 0 Å². The van der Waals surface area contributed by atoms with Crippen molar-refractivity contribution in [1.82, 2.24) is 5.32 Å². The molecule has 1 aliphatic rings. The average Bonchev–Trinajstić information content (AvgIpc) is 3.40. The molecule has 2 N–H and O–H groups in total. The van der Waals surface area contributed by atoms with Crippen LogP contribution >= 0.6 is 23.1 Å². The molecule has 1 unspecified atom stereocenters. The van der Waals surface area contributed by atoms with Crippen LogP contribution in [0.25, 0.3) is 26.7 Å². The van der Waals surface area contributed by atoms with E-state index in [2.05, 4.69) is 73.4 Å². The lowest BCUT2D eigenvalue weighted by molar-refractivity contribution is -0.669. The quantitative estimate of drug-likeness (QED) is 0.0717. The molecular formula is C25H31N6O3S3+. The minimum absolute atomic E-state index is 0.234. The van der Waals surface area contributed by atoms with Crippen LogP contribution in [0.2, 0.25) is 0 Å². The van der Waals surface area contributed by atoms with Gasteiger partial charge in [-0.25, -0.2) is 0 Å². The summed E-state index contributed by atoms with van der Waals surface area (Å²) in [7, 11) is -4.00. The second-order valence-corrected chi connectivity index (χ2v) is 12.8. The molecule has 1 aliphatic heterocycles. The first-order chi connectivity index (χ1) is 17.9. The first kappa shape index (κ1) is 27.4. The summed E-state index contributed by atoms with van der Waals surface area (Å²) < 4.78 is 35.0. The van der Waals surface area contributed by atoms with E-state index < -0.39 is 15.4 Å². The predicted octanol–water partition coefficient (Wildman–Crippen LogP) is 5.45. The van der Waals surface area contributed by atoms with Gasteiger partial charge in [0.15, 0.2) is 6.54 Å². The number of aromatic nitrogens is 1. The number of rotatable bonds is 13. The number of thiazole rings is 1. The fraction of sp³-hybridized carbons (Fsp3) is 0.400. The summed E-state index contributed by atoms with van der Waals surface area (Å²) >= 11 is 3.53. The van der Waals surface area contributed by atoms with Gasteiger partial charge < -0.3 is 10.2 Å². The SMILES string of the molecule is CC(CNCCCC[n+]1c(/C=C2\Sc3ccccc3N2CCCN=[N+]=[N-])sc2ccccc21)S(=O)(=O)O. The third kappa shape index (κ3) is 7.04. The van der Waals surface area contributed by atoms with Gasteiger partial charge in [0.2, 0.25) is 5.52 Å². The number of hydrogen-bond acceptors (Lipinski definition) is 7. The molecule has 4 rings (SSSR count). The molecule has 0 aliphatic carbocycles. The largest absolute Gasteiger partial charge is 0.335 e. The molecule has 0 bridgehead atoms. The van der Waals surface area contributed by atoms with Crippen molar-refractivity contribution in [3.8, 4) is 0 Å². The van der Waals surface area contributed by atoms with Crippen LogP contribution in [-0.4, -0.2) is 44.4 Å². The molecule has 0 saturated carbocycles. The van der Waals surface area contributed by atoms with Crippen LogP contribution in [0.1, 0.15) is 31.2 Å². The fourth-order valence-electron chi connectivity index (χ4n) is 4.16. The number of azide groups is 1. The van der Waals surface area contributed by atoms with Crippen LogP contribution in [0.4, 0.5) is 5.69 Å². The lowest BCUT2D eigenvalue weighted by atomic mass is 10.2. The molecule has 0 saturated heterocycles. The Morgan fingerprint density at radius 1 is 1.19 bits per heavy atom. The fourth-order valence-corrected chi connectivity index (χ4v) is 6.82. The molecule has 0 fully saturated rings.